The van der Waals surface area contributed by atoms with Crippen LogP contribution >= 0.6 is 11.6 Å². The number of anilines is 1. The molecule has 0 N–H and O–H groups in total. The van der Waals surface area contributed by atoms with Crippen molar-refractivity contribution in [3.05, 3.63) is 70.5 Å². The normalized spacial score (nSPS) is 15.2. The maximum Gasteiger partial charge on any atom is 0.159 e. The highest BCUT2D eigenvalue weighted by molar-refractivity contribution is 6.30. The smallest absolute Gasteiger partial charge is 0.159 e. The minimum absolute atomic E-state index is 0.309. The summed E-state index contributed by atoms with van der Waals surface area (Å²) in [4.78, 5) is 21.1. The van der Waals surface area contributed by atoms with Gasteiger partial charge in [-0.25, -0.2) is 14.4 Å². The number of rotatable bonds is 7. The molecule has 8 heteroatoms. The first kappa shape index (κ1) is 23.6. The van der Waals surface area contributed by atoms with Crippen molar-refractivity contribution < 1.29 is 4.39 Å². The molecule has 1 aliphatic heterocycles. The Bertz CT molecular complexity index is 1030. The fourth-order valence-electron chi connectivity index (χ4n) is 3.75. The van der Waals surface area contributed by atoms with Crippen molar-refractivity contribution in [1.29, 1.82) is 0 Å². The Balaban J connectivity index is 1.75. The zero-order valence-electron chi connectivity index (χ0n) is 18.6. The molecule has 0 amide bonds. The predicted octanol–water partition coefficient (Wildman–Crippen LogP) is 5.01. The lowest BCUT2D eigenvalue weighted by Crippen LogP contribution is -2.30. The zero-order valence-corrected chi connectivity index (χ0v) is 19.3. The van der Waals surface area contributed by atoms with Gasteiger partial charge in [-0.2, -0.15) is 0 Å². The molecule has 0 aliphatic carbocycles. The van der Waals surface area contributed by atoms with Crippen LogP contribution in [0.4, 0.5) is 10.2 Å². The Kier molecular flexibility index (Phi) is 8.11. The average molecular weight is 455 g/mol. The first-order valence-electron chi connectivity index (χ1n) is 10.5. The largest absolute Gasteiger partial charge is 0.370 e. The van der Waals surface area contributed by atoms with Crippen molar-refractivity contribution in [2.45, 2.75) is 26.8 Å². The summed E-state index contributed by atoms with van der Waals surface area (Å²) < 4.78 is 13.5. The van der Waals surface area contributed by atoms with E-state index >= 15 is 0 Å². The van der Waals surface area contributed by atoms with Gasteiger partial charge in [0, 0.05) is 54.2 Å². The number of halogens is 2. The molecule has 2 aromatic rings. The van der Waals surface area contributed by atoms with E-state index in [4.69, 9.17) is 11.6 Å². The summed E-state index contributed by atoms with van der Waals surface area (Å²) in [7, 11) is 0. The van der Waals surface area contributed by atoms with E-state index in [2.05, 4.69) is 43.0 Å². The molecular weight excluding hydrogens is 427 g/mol. The van der Waals surface area contributed by atoms with E-state index in [1.54, 1.807) is 0 Å². The standard InChI is InChI=1S/C24H28ClFN6/c1-17-12-24(30-19(3)29-17)32-9-5-8-31(10-11-32)18(2)23-13-21(25)7-6-20(23)14-28-16-22(26)15-27-4/h6-7,12-13,15-16H,2,4-5,8-11,14H2,1,3H3/b22-15+,28-16?. The Labute approximate surface area is 193 Å². The molecule has 32 heavy (non-hydrogen) atoms. The first-order valence-corrected chi connectivity index (χ1v) is 10.9. The summed E-state index contributed by atoms with van der Waals surface area (Å²) in [5.41, 5.74) is 3.71. The van der Waals surface area contributed by atoms with Crippen molar-refractivity contribution in [2.24, 2.45) is 9.98 Å². The van der Waals surface area contributed by atoms with Crippen molar-refractivity contribution in [3.63, 3.8) is 0 Å². The molecule has 0 bridgehead atoms. The molecule has 6 nitrogen and oxygen atoms in total. The van der Waals surface area contributed by atoms with Crippen molar-refractivity contribution >= 4 is 36.0 Å². The van der Waals surface area contributed by atoms with Crippen LogP contribution in [0.25, 0.3) is 5.70 Å². The van der Waals surface area contributed by atoms with Crippen molar-refractivity contribution in [2.75, 3.05) is 31.1 Å². The highest BCUT2D eigenvalue weighted by atomic mass is 35.5. The summed E-state index contributed by atoms with van der Waals surface area (Å²) in [6.07, 6.45) is 3.14. The van der Waals surface area contributed by atoms with Crippen LogP contribution in [0.3, 0.4) is 0 Å². The predicted molar refractivity (Wildman–Crippen MR) is 131 cm³/mol. The third-order valence-corrected chi connectivity index (χ3v) is 5.46. The number of nitrogens with zero attached hydrogens (tertiary/aromatic N) is 6. The number of allylic oxidation sites excluding steroid dienone is 1. The highest BCUT2D eigenvalue weighted by Crippen LogP contribution is 2.27. The van der Waals surface area contributed by atoms with Crippen molar-refractivity contribution in [1.82, 2.24) is 14.9 Å². The lowest BCUT2D eigenvalue weighted by molar-refractivity contribution is 0.426. The number of aryl methyl sites for hydroxylation is 2. The molecule has 2 heterocycles. The summed E-state index contributed by atoms with van der Waals surface area (Å²) in [6, 6.07) is 7.64. The molecule has 0 atom stereocenters. The fraction of sp³-hybridized carbons (Fsp3) is 0.333. The van der Waals surface area contributed by atoms with E-state index in [0.717, 1.165) is 79.2 Å². The number of hydrogen-bond acceptors (Lipinski definition) is 6. The van der Waals surface area contributed by atoms with Crippen LogP contribution in [-0.4, -0.2) is 54.0 Å². The summed E-state index contributed by atoms with van der Waals surface area (Å²) in [6.45, 7) is 15.2. The Morgan fingerprint density at radius 2 is 2.00 bits per heavy atom. The summed E-state index contributed by atoms with van der Waals surface area (Å²) in [5.74, 6) is 1.20. The molecule has 0 unspecified atom stereocenters. The fourth-order valence-corrected chi connectivity index (χ4v) is 3.93. The topological polar surface area (TPSA) is 57.0 Å². The van der Waals surface area contributed by atoms with E-state index in [1.165, 1.54) is 0 Å². The number of aliphatic imine (C=N–C) groups is 2. The minimum atomic E-state index is -0.544. The Morgan fingerprint density at radius 1 is 1.19 bits per heavy atom. The van der Waals surface area contributed by atoms with Crippen LogP contribution in [0.2, 0.25) is 5.02 Å². The van der Waals surface area contributed by atoms with Gasteiger partial charge in [-0.3, -0.25) is 9.98 Å². The van der Waals surface area contributed by atoms with Crippen LogP contribution < -0.4 is 4.90 Å². The second-order valence-corrected chi connectivity index (χ2v) is 8.09. The van der Waals surface area contributed by atoms with Crippen LogP contribution in [0.5, 0.6) is 0 Å². The Hall–Kier alpha value is -3.06. The molecule has 0 radical (unpaired) electrons. The minimum Gasteiger partial charge on any atom is -0.370 e. The van der Waals surface area contributed by atoms with E-state index in [1.807, 2.05) is 38.1 Å². The molecule has 1 aromatic carbocycles. The third-order valence-electron chi connectivity index (χ3n) is 5.23. The Morgan fingerprint density at radius 3 is 2.75 bits per heavy atom. The molecule has 1 fully saturated rings. The van der Waals surface area contributed by atoms with Gasteiger partial charge in [0.1, 0.15) is 11.6 Å². The van der Waals surface area contributed by atoms with Gasteiger partial charge >= 0.3 is 0 Å². The molecule has 1 aromatic heterocycles. The van der Waals surface area contributed by atoms with Gasteiger partial charge in [0.25, 0.3) is 0 Å². The number of hydrogen-bond donors (Lipinski definition) is 0. The zero-order chi connectivity index (χ0) is 23.1. The molecule has 168 valence electrons. The quantitative estimate of drug-likeness (QED) is 0.551. The van der Waals surface area contributed by atoms with Crippen LogP contribution in [-0.2, 0) is 6.54 Å². The lowest BCUT2D eigenvalue weighted by atomic mass is 10.0. The van der Waals surface area contributed by atoms with E-state index in [0.29, 0.717) is 11.6 Å². The van der Waals surface area contributed by atoms with Gasteiger partial charge in [0.2, 0.25) is 0 Å². The highest BCUT2D eigenvalue weighted by Gasteiger charge is 2.20. The number of benzene rings is 1. The SMILES string of the molecule is C=N/C=C(/F)C=NCc1ccc(Cl)cc1C(=C)N1CCCN(c2cc(C)nc(C)n2)CC1. The summed E-state index contributed by atoms with van der Waals surface area (Å²) in [5, 5.41) is 0.624. The van der Waals surface area contributed by atoms with Gasteiger partial charge < -0.3 is 9.80 Å². The van der Waals surface area contributed by atoms with Gasteiger partial charge in [-0.1, -0.05) is 24.2 Å². The second-order valence-electron chi connectivity index (χ2n) is 7.66. The van der Waals surface area contributed by atoms with Gasteiger partial charge in [-0.05, 0) is 44.7 Å². The molecule has 1 aliphatic rings. The molecule has 3 rings (SSSR count). The first-order chi connectivity index (χ1) is 15.4. The summed E-state index contributed by atoms with van der Waals surface area (Å²) >= 11 is 6.28. The molecule has 1 saturated heterocycles. The van der Waals surface area contributed by atoms with Gasteiger partial charge in [-0.15, -0.1) is 0 Å². The average Bonchev–Trinajstić information content (AvgIpc) is 3.00. The van der Waals surface area contributed by atoms with Gasteiger partial charge in [0.05, 0.1) is 19.0 Å². The molecule has 0 saturated carbocycles. The second kappa shape index (κ2) is 11.0. The van der Waals surface area contributed by atoms with E-state index in [-0.39, 0.29) is 0 Å². The maximum atomic E-state index is 13.5. The van der Waals surface area contributed by atoms with E-state index < -0.39 is 5.83 Å². The maximum absolute atomic E-state index is 13.5. The molecule has 0 spiro atoms. The monoisotopic (exact) mass is 454 g/mol. The lowest BCUT2D eigenvalue weighted by Gasteiger charge is -2.27. The van der Waals surface area contributed by atoms with Crippen LogP contribution in [0, 0.1) is 13.8 Å². The van der Waals surface area contributed by atoms with Crippen LogP contribution in [0.15, 0.2) is 52.9 Å². The van der Waals surface area contributed by atoms with E-state index in [9.17, 15) is 4.39 Å². The van der Waals surface area contributed by atoms with Crippen LogP contribution in [0.1, 0.15) is 29.1 Å². The molecular formula is C24H28ClFN6. The number of aromatic nitrogens is 2. The van der Waals surface area contributed by atoms with Gasteiger partial charge in [0.15, 0.2) is 5.83 Å². The van der Waals surface area contributed by atoms with Crippen molar-refractivity contribution in [3.8, 4) is 0 Å². The third kappa shape index (κ3) is 6.23.